The molecule has 2 aliphatic rings. The Bertz CT molecular complexity index is 895. The number of aromatic amines is 1. The van der Waals surface area contributed by atoms with Crippen molar-refractivity contribution in [2.75, 3.05) is 12.5 Å². The molecule has 0 spiro atoms. The van der Waals surface area contributed by atoms with E-state index in [0.717, 1.165) is 6.07 Å². The molecule has 1 aliphatic heterocycles. The van der Waals surface area contributed by atoms with Gasteiger partial charge in [0, 0.05) is 29.4 Å². The lowest BCUT2D eigenvalue weighted by atomic mass is 10.2. The fourth-order valence-electron chi connectivity index (χ4n) is 1.70. The second kappa shape index (κ2) is 6.01. The van der Waals surface area contributed by atoms with Gasteiger partial charge in [-0.3, -0.25) is 13.8 Å². The van der Waals surface area contributed by atoms with Gasteiger partial charge < -0.3 is 9.40 Å². The summed E-state index contributed by atoms with van der Waals surface area (Å²) in [7, 11) is -0.611. The van der Waals surface area contributed by atoms with Gasteiger partial charge in [0.2, 0.25) is 11.2 Å². The third kappa shape index (κ3) is 3.25. The smallest absolute Gasteiger partial charge is 0.265 e. The number of halogens is 1. The largest absolute Gasteiger partial charge is 0.450 e. The fourth-order valence-corrected chi connectivity index (χ4v) is 1.70. The Hall–Kier alpha value is -2.28. The van der Waals surface area contributed by atoms with Crippen LogP contribution in [0.15, 0.2) is 44.3 Å². The molecule has 7 heteroatoms. The summed E-state index contributed by atoms with van der Waals surface area (Å²) in [6, 6.07) is 7.91. The first kappa shape index (κ1) is 15.1. The van der Waals surface area contributed by atoms with Gasteiger partial charge in [0.15, 0.2) is 11.3 Å². The zero-order valence-corrected chi connectivity index (χ0v) is 12.1. The van der Waals surface area contributed by atoms with Crippen molar-refractivity contribution < 1.29 is 13.0 Å². The Morgan fingerprint density at radius 1 is 1.19 bits per heavy atom. The predicted octanol–water partition coefficient (Wildman–Crippen LogP) is 1.72. The highest BCUT2D eigenvalue weighted by atomic mass is 32.2. The van der Waals surface area contributed by atoms with Crippen molar-refractivity contribution in [2.24, 2.45) is 0 Å². The van der Waals surface area contributed by atoms with Crippen LogP contribution in [-0.2, 0) is 10.8 Å². The lowest BCUT2D eigenvalue weighted by Gasteiger charge is -2.06. The van der Waals surface area contributed by atoms with Crippen LogP contribution in [0.2, 0.25) is 0 Å². The lowest BCUT2D eigenvalue weighted by Crippen LogP contribution is -2.27. The summed E-state index contributed by atoms with van der Waals surface area (Å²) < 4.78 is 28.4. The molecule has 0 aromatic heterocycles. The van der Waals surface area contributed by atoms with Crippen LogP contribution < -0.4 is 10.9 Å². The van der Waals surface area contributed by atoms with E-state index in [0.29, 0.717) is 11.1 Å². The topological polar surface area (TPSA) is 80.1 Å². The first-order valence-corrected chi connectivity index (χ1v) is 7.86. The maximum atomic E-state index is 13.6. The molecule has 0 unspecified atom stereocenters. The summed E-state index contributed by atoms with van der Waals surface area (Å²) in [4.78, 5) is 25.2. The van der Waals surface area contributed by atoms with Crippen molar-refractivity contribution in [3.63, 3.8) is 0 Å². The van der Waals surface area contributed by atoms with E-state index >= 15 is 0 Å². The number of fused-ring (bicyclic) bond motifs is 2. The van der Waals surface area contributed by atoms with Gasteiger partial charge in [-0.05, 0) is 12.1 Å². The van der Waals surface area contributed by atoms with Crippen molar-refractivity contribution in [2.45, 2.75) is 0 Å². The molecule has 0 atom stereocenters. The van der Waals surface area contributed by atoms with Gasteiger partial charge in [-0.2, -0.15) is 4.39 Å². The Morgan fingerprint density at radius 3 is 2.48 bits per heavy atom. The minimum Gasteiger partial charge on any atom is -0.450 e. The molecular weight excluding hydrogens is 297 g/mol. The van der Waals surface area contributed by atoms with E-state index in [2.05, 4.69) is 4.98 Å². The number of benzene rings is 2. The van der Waals surface area contributed by atoms with E-state index in [-0.39, 0.29) is 11.5 Å². The summed E-state index contributed by atoms with van der Waals surface area (Å²) in [5.41, 5.74) is -0.859. The Labute approximate surface area is 121 Å². The maximum absolute atomic E-state index is 13.6. The molecule has 0 fully saturated rings. The SMILES string of the molecule is CS(C)=O.O=c1cc2[nH]c3ccccc3oc-2c(F)c1=O. The van der Waals surface area contributed by atoms with E-state index in [4.69, 9.17) is 4.42 Å². The molecule has 0 radical (unpaired) electrons. The highest BCUT2D eigenvalue weighted by molar-refractivity contribution is 7.83. The number of para-hydroxylation sites is 2. The minimum absolute atomic E-state index is 0.172. The van der Waals surface area contributed by atoms with Gasteiger partial charge in [-0.15, -0.1) is 0 Å². The summed E-state index contributed by atoms with van der Waals surface area (Å²) in [5, 5.41) is 0. The average Bonchev–Trinajstić information content (AvgIpc) is 2.43. The van der Waals surface area contributed by atoms with Crippen LogP contribution >= 0.6 is 0 Å². The van der Waals surface area contributed by atoms with Gasteiger partial charge >= 0.3 is 0 Å². The van der Waals surface area contributed by atoms with Gasteiger partial charge in [-0.1, -0.05) is 12.1 Å². The van der Waals surface area contributed by atoms with Crippen LogP contribution in [0.1, 0.15) is 0 Å². The van der Waals surface area contributed by atoms with Crippen LogP contribution in [0, 0.1) is 5.82 Å². The third-order valence-electron chi connectivity index (χ3n) is 2.51. The third-order valence-corrected chi connectivity index (χ3v) is 2.51. The molecule has 0 saturated carbocycles. The van der Waals surface area contributed by atoms with E-state index < -0.39 is 27.5 Å². The molecule has 0 bridgehead atoms. The van der Waals surface area contributed by atoms with Gasteiger partial charge in [0.1, 0.15) is 0 Å². The molecule has 0 amide bonds. The van der Waals surface area contributed by atoms with Crippen molar-refractivity contribution >= 4 is 21.9 Å². The Balaban J connectivity index is 0.000000361. The number of rotatable bonds is 0. The summed E-state index contributed by atoms with van der Waals surface area (Å²) >= 11 is 0. The Kier molecular flexibility index (Phi) is 4.32. The summed E-state index contributed by atoms with van der Waals surface area (Å²) in [6.07, 6.45) is 3.28. The first-order valence-electron chi connectivity index (χ1n) is 5.89. The highest BCUT2D eigenvalue weighted by Crippen LogP contribution is 2.24. The Morgan fingerprint density at radius 2 is 1.81 bits per heavy atom. The maximum Gasteiger partial charge on any atom is 0.265 e. The molecule has 1 N–H and O–H groups in total. The standard InChI is InChI=1S/C12H6FNO3.C2H6OS/c13-10-11(16)8(15)5-7-12(10)17-9-4-2-1-3-6(9)14-7;1-4(2)3/h1-5,14H;1-2H3. The molecule has 3 rings (SSSR count). The van der Waals surface area contributed by atoms with E-state index in [1.165, 1.54) is 0 Å². The quantitative estimate of drug-likeness (QED) is 0.506. The first-order chi connectivity index (χ1) is 9.90. The minimum atomic E-state index is -1.18. The fraction of sp³-hybridized carbons (Fsp3) is 0.143. The molecule has 1 aromatic carbocycles. The second-order valence-corrected chi connectivity index (χ2v) is 5.84. The highest BCUT2D eigenvalue weighted by Gasteiger charge is 2.18. The molecule has 1 aromatic rings. The normalized spacial score (nSPS) is 10.7. The van der Waals surface area contributed by atoms with Crippen LogP contribution in [0.5, 0.6) is 0 Å². The van der Waals surface area contributed by atoms with Crippen molar-refractivity contribution in [1.29, 1.82) is 0 Å². The van der Waals surface area contributed by atoms with Crippen LogP contribution in [0.25, 0.3) is 22.6 Å². The summed E-state index contributed by atoms with van der Waals surface area (Å²) in [5.74, 6) is -1.39. The molecule has 21 heavy (non-hydrogen) atoms. The molecule has 5 nitrogen and oxygen atoms in total. The van der Waals surface area contributed by atoms with E-state index in [1.807, 2.05) is 0 Å². The number of hydrogen-bond acceptors (Lipinski definition) is 4. The summed E-state index contributed by atoms with van der Waals surface area (Å²) in [6.45, 7) is 0. The second-order valence-electron chi connectivity index (χ2n) is 4.36. The van der Waals surface area contributed by atoms with Crippen molar-refractivity contribution in [1.82, 2.24) is 4.98 Å². The number of aromatic nitrogens is 1. The van der Waals surface area contributed by atoms with E-state index in [1.54, 1.807) is 36.8 Å². The molecule has 110 valence electrons. The predicted molar refractivity (Wildman–Crippen MR) is 79.7 cm³/mol. The van der Waals surface area contributed by atoms with Crippen molar-refractivity contribution in [3.05, 3.63) is 56.6 Å². The van der Waals surface area contributed by atoms with E-state index in [9.17, 15) is 18.2 Å². The van der Waals surface area contributed by atoms with Crippen LogP contribution in [0.4, 0.5) is 4.39 Å². The number of H-pyrrole nitrogens is 1. The molecule has 1 heterocycles. The molecule has 0 saturated heterocycles. The lowest BCUT2D eigenvalue weighted by molar-refractivity contribution is 0.533. The molecular formula is C14H12FNO4S. The van der Waals surface area contributed by atoms with Gasteiger partial charge in [0.05, 0.1) is 11.2 Å². The number of nitrogens with one attached hydrogen (secondary N) is 1. The van der Waals surface area contributed by atoms with Crippen LogP contribution in [0.3, 0.4) is 0 Å². The average molecular weight is 309 g/mol. The zero-order chi connectivity index (χ0) is 15.6. The van der Waals surface area contributed by atoms with Crippen molar-refractivity contribution in [3.8, 4) is 11.5 Å². The van der Waals surface area contributed by atoms with Gasteiger partial charge in [0.25, 0.3) is 5.43 Å². The number of hydrogen-bond donors (Lipinski definition) is 1. The monoisotopic (exact) mass is 309 g/mol. The van der Waals surface area contributed by atoms with Crippen LogP contribution in [-0.4, -0.2) is 21.7 Å². The molecule has 1 aliphatic carbocycles. The van der Waals surface area contributed by atoms with Gasteiger partial charge in [-0.25, -0.2) is 0 Å². The zero-order valence-electron chi connectivity index (χ0n) is 11.3.